The van der Waals surface area contributed by atoms with Crippen LogP contribution in [-0.4, -0.2) is 12.1 Å². The smallest absolute Gasteiger partial charge is 0.302 e. The number of nitrogens with zero attached hydrogens (tertiary/aromatic N) is 1. The topological polar surface area (TPSA) is 30.2 Å². The minimum atomic E-state index is -0.192. The van der Waals surface area contributed by atoms with Crippen molar-refractivity contribution in [3.63, 3.8) is 0 Å². The molecule has 0 fully saturated rings. The predicted octanol–water partition coefficient (Wildman–Crippen LogP) is 2.34. The minimum Gasteiger partial charge on any atom is -0.461 e. The van der Waals surface area contributed by atoms with E-state index in [0.29, 0.717) is 0 Å². The molecule has 1 aliphatic carbocycles. The molecule has 0 saturated carbocycles. The highest BCUT2D eigenvalue weighted by atomic mass is 16.5. The lowest BCUT2D eigenvalue weighted by Gasteiger charge is -2.39. The number of hydrogen-bond acceptors (Lipinski definition) is 2. The Kier molecular flexibility index (Phi) is 2.43. The number of esters is 1. The van der Waals surface area contributed by atoms with Crippen LogP contribution in [0.5, 0.6) is 0 Å². The van der Waals surface area contributed by atoms with Crippen molar-refractivity contribution in [2.75, 3.05) is 0 Å². The monoisotopic (exact) mass is 266 g/mol. The van der Waals surface area contributed by atoms with E-state index in [1.54, 1.807) is 0 Å². The number of pyridine rings is 1. The van der Waals surface area contributed by atoms with Gasteiger partial charge >= 0.3 is 5.97 Å². The van der Waals surface area contributed by atoms with Gasteiger partial charge in [0.1, 0.15) is 12.0 Å². The van der Waals surface area contributed by atoms with E-state index in [0.717, 1.165) is 6.42 Å². The van der Waals surface area contributed by atoms with Gasteiger partial charge in [-0.1, -0.05) is 30.3 Å². The Morgan fingerprint density at radius 2 is 1.90 bits per heavy atom. The summed E-state index contributed by atoms with van der Waals surface area (Å²) in [5.41, 5.74) is 3.92. The van der Waals surface area contributed by atoms with Crippen LogP contribution in [0, 0.1) is 0 Å². The molecule has 100 valence electrons. The summed E-state index contributed by atoms with van der Waals surface area (Å²) in [7, 11) is 0. The highest BCUT2D eigenvalue weighted by Crippen LogP contribution is 2.45. The largest absolute Gasteiger partial charge is 0.461 e. The summed E-state index contributed by atoms with van der Waals surface area (Å²) >= 11 is 0. The number of aromatic nitrogens is 1. The van der Waals surface area contributed by atoms with Crippen molar-refractivity contribution in [3.05, 3.63) is 65.5 Å². The molecule has 0 radical (unpaired) electrons. The fraction of sp³-hybridized carbons (Fsp3) is 0.294. The Labute approximate surface area is 117 Å². The van der Waals surface area contributed by atoms with Crippen molar-refractivity contribution in [1.29, 1.82) is 0 Å². The first kappa shape index (κ1) is 11.6. The second-order valence-electron chi connectivity index (χ2n) is 5.54. The summed E-state index contributed by atoms with van der Waals surface area (Å²) in [4.78, 5) is 11.4. The number of benzene rings is 1. The maximum atomic E-state index is 11.4. The molecule has 0 N–H and O–H groups in total. The molecule has 3 atom stereocenters. The molecule has 3 heteroatoms. The third kappa shape index (κ3) is 1.52. The highest BCUT2D eigenvalue weighted by Gasteiger charge is 2.50. The zero-order valence-corrected chi connectivity index (χ0v) is 11.3. The van der Waals surface area contributed by atoms with Crippen LogP contribution < -0.4 is 4.57 Å². The number of hydrogen-bond donors (Lipinski definition) is 0. The molecule has 2 bridgehead atoms. The number of carbonyl (C=O) groups is 1. The molecule has 3 heterocycles. The number of fused-ring (bicyclic) bond motifs is 1. The average Bonchev–Trinajstić information content (AvgIpc) is 2.47. The SMILES string of the molecule is CC(=O)O[C@@H]1C[C@H]2c3ccccc3[C@@H]1c1cccc[n+]12. The van der Waals surface area contributed by atoms with Crippen molar-refractivity contribution in [2.24, 2.45) is 0 Å². The van der Waals surface area contributed by atoms with Gasteiger partial charge in [-0.25, -0.2) is 0 Å². The third-order valence-corrected chi connectivity index (χ3v) is 4.41. The van der Waals surface area contributed by atoms with Crippen LogP contribution in [0.1, 0.15) is 42.1 Å². The fourth-order valence-electron chi connectivity index (χ4n) is 3.74. The second-order valence-corrected chi connectivity index (χ2v) is 5.54. The average molecular weight is 266 g/mol. The number of rotatable bonds is 1. The van der Waals surface area contributed by atoms with Crippen LogP contribution in [0.2, 0.25) is 0 Å². The quantitative estimate of drug-likeness (QED) is 0.586. The van der Waals surface area contributed by atoms with Gasteiger partial charge in [-0.2, -0.15) is 4.57 Å². The number of carbonyl (C=O) groups excluding carboxylic acids is 1. The first-order valence-electron chi connectivity index (χ1n) is 7.02. The first-order chi connectivity index (χ1) is 9.75. The van der Waals surface area contributed by atoms with E-state index in [-0.39, 0.29) is 24.0 Å². The molecule has 1 aromatic carbocycles. The molecule has 0 unspecified atom stereocenters. The van der Waals surface area contributed by atoms with Gasteiger partial charge in [-0.3, -0.25) is 4.79 Å². The van der Waals surface area contributed by atoms with Crippen LogP contribution in [-0.2, 0) is 9.53 Å². The van der Waals surface area contributed by atoms with E-state index in [9.17, 15) is 4.79 Å². The zero-order chi connectivity index (χ0) is 13.7. The van der Waals surface area contributed by atoms with E-state index in [2.05, 4.69) is 53.2 Å². The van der Waals surface area contributed by atoms with Crippen LogP contribution >= 0.6 is 0 Å². The lowest BCUT2D eigenvalue weighted by atomic mass is 9.72. The van der Waals surface area contributed by atoms with Gasteiger partial charge in [0.2, 0.25) is 0 Å². The minimum absolute atomic E-state index is 0.0465. The summed E-state index contributed by atoms with van der Waals surface area (Å²) in [5.74, 6) is -0.0381. The summed E-state index contributed by atoms with van der Waals surface area (Å²) in [6, 6.07) is 15.0. The van der Waals surface area contributed by atoms with E-state index < -0.39 is 0 Å². The van der Waals surface area contributed by atoms with E-state index in [1.165, 1.54) is 23.7 Å². The summed E-state index contributed by atoms with van der Waals surface area (Å²) in [6.07, 6.45) is 2.95. The summed E-state index contributed by atoms with van der Waals surface area (Å²) < 4.78 is 7.91. The van der Waals surface area contributed by atoms with Crippen molar-refractivity contribution in [2.45, 2.75) is 31.4 Å². The van der Waals surface area contributed by atoms with Gasteiger partial charge < -0.3 is 4.74 Å². The molecule has 0 saturated heterocycles. The predicted molar refractivity (Wildman–Crippen MR) is 73.2 cm³/mol. The second kappa shape index (κ2) is 4.17. The zero-order valence-electron chi connectivity index (χ0n) is 11.3. The molecule has 2 aromatic rings. The normalized spacial score (nSPS) is 25.8. The van der Waals surface area contributed by atoms with E-state index >= 15 is 0 Å². The molecule has 2 aliphatic heterocycles. The molecular formula is C17H16NO2+. The summed E-state index contributed by atoms with van der Waals surface area (Å²) in [5, 5.41) is 0. The van der Waals surface area contributed by atoms with Crippen molar-refractivity contribution in [3.8, 4) is 0 Å². The lowest BCUT2D eigenvalue weighted by molar-refractivity contribution is -0.732. The lowest BCUT2D eigenvalue weighted by Crippen LogP contribution is -2.56. The Balaban J connectivity index is 1.91. The molecule has 5 rings (SSSR count). The first-order valence-corrected chi connectivity index (χ1v) is 7.02. The maximum absolute atomic E-state index is 11.4. The van der Waals surface area contributed by atoms with Crippen LogP contribution in [0.3, 0.4) is 0 Å². The van der Waals surface area contributed by atoms with Crippen molar-refractivity contribution < 1.29 is 14.1 Å². The van der Waals surface area contributed by atoms with Gasteiger partial charge in [0.15, 0.2) is 17.9 Å². The van der Waals surface area contributed by atoms with Crippen LogP contribution in [0.4, 0.5) is 0 Å². The van der Waals surface area contributed by atoms with Gasteiger partial charge in [0.25, 0.3) is 0 Å². The van der Waals surface area contributed by atoms with Crippen molar-refractivity contribution >= 4 is 5.97 Å². The van der Waals surface area contributed by atoms with Gasteiger partial charge in [0.05, 0.1) is 6.42 Å². The molecule has 3 nitrogen and oxygen atoms in total. The molecular weight excluding hydrogens is 250 g/mol. The molecule has 20 heavy (non-hydrogen) atoms. The van der Waals surface area contributed by atoms with Crippen molar-refractivity contribution in [1.82, 2.24) is 0 Å². The maximum Gasteiger partial charge on any atom is 0.302 e. The van der Waals surface area contributed by atoms with Gasteiger partial charge in [-0.15, -0.1) is 0 Å². The Morgan fingerprint density at radius 3 is 2.70 bits per heavy atom. The number of ether oxygens (including phenoxy) is 1. The standard InChI is InChI=1S/C17H16NO2/c1-11(19)20-16-10-15-12-6-2-3-7-13(12)17(16)14-8-4-5-9-18(14)15/h2-9,15-17H,10H2,1H3/q+1/t15-,16+,17+/m0/s1. The molecule has 0 spiro atoms. The molecule has 3 aliphatic rings. The van der Waals surface area contributed by atoms with Crippen LogP contribution in [0.25, 0.3) is 0 Å². The Morgan fingerprint density at radius 1 is 1.15 bits per heavy atom. The van der Waals surface area contributed by atoms with Crippen LogP contribution in [0.15, 0.2) is 48.7 Å². The fourth-order valence-corrected chi connectivity index (χ4v) is 3.74. The Bertz CT molecular complexity index is 647. The Hall–Kier alpha value is -2.16. The third-order valence-electron chi connectivity index (χ3n) is 4.41. The van der Waals surface area contributed by atoms with Gasteiger partial charge in [-0.05, 0) is 5.56 Å². The van der Waals surface area contributed by atoms with E-state index in [1.807, 2.05) is 0 Å². The van der Waals surface area contributed by atoms with Gasteiger partial charge in [0, 0.05) is 24.6 Å². The highest BCUT2D eigenvalue weighted by molar-refractivity contribution is 5.66. The molecule has 1 aromatic heterocycles. The summed E-state index contributed by atoms with van der Waals surface area (Å²) in [6.45, 7) is 1.49. The van der Waals surface area contributed by atoms with E-state index in [4.69, 9.17) is 4.74 Å². The molecule has 0 amide bonds.